The van der Waals surface area contributed by atoms with Crippen LogP contribution in [0, 0.1) is 25.2 Å². The number of amides is 2. The van der Waals surface area contributed by atoms with Crippen molar-refractivity contribution in [1.29, 1.82) is 5.26 Å². The molecule has 8 heteroatoms. The first-order valence-electron chi connectivity index (χ1n) is 10.6. The molecule has 0 saturated heterocycles. The number of hydrogen-bond acceptors (Lipinski definition) is 5. The summed E-state index contributed by atoms with van der Waals surface area (Å²) in [4.78, 5) is 40.7. The lowest BCUT2D eigenvalue weighted by Crippen LogP contribution is -2.16. The summed E-state index contributed by atoms with van der Waals surface area (Å²) >= 11 is 0. The van der Waals surface area contributed by atoms with Gasteiger partial charge in [-0.2, -0.15) is 5.26 Å². The molecule has 172 valence electrons. The summed E-state index contributed by atoms with van der Waals surface area (Å²) in [6.07, 6.45) is 1.64. The van der Waals surface area contributed by atoms with Crippen LogP contribution in [-0.2, 0) is 0 Å². The number of benzene rings is 2. The number of aryl methyl sites for hydroxylation is 2. The van der Waals surface area contributed by atoms with Crippen molar-refractivity contribution in [2.24, 2.45) is 0 Å². The fourth-order valence-electron chi connectivity index (χ4n) is 3.45. The SMILES string of the molecule is Cc1ccc(NC(=O)c2cccc(C(C)CC#N)c2)cc1C(=O)Nc1cnc(C(=O)O)c(C)c1. The molecule has 2 aromatic carbocycles. The molecule has 0 aliphatic heterocycles. The molecule has 3 N–H and O–H groups in total. The number of rotatable bonds is 7. The lowest BCUT2D eigenvalue weighted by atomic mass is 9.96. The number of nitriles is 1. The molecule has 1 unspecified atom stereocenters. The number of carbonyl (C=O) groups excluding carboxylic acids is 2. The van der Waals surface area contributed by atoms with E-state index in [-0.39, 0.29) is 17.5 Å². The van der Waals surface area contributed by atoms with E-state index in [9.17, 15) is 14.4 Å². The maximum atomic E-state index is 12.9. The zero-order chi connectivity index (χ0) is 24.8. The van der Waals surface area contributed by atoms with E-state index in [1.54, 1.807) is 50.2 Å². The zero-order valence-electron chi connectivity index (χ0n) is 19.0. The van der Waals surface area contributed by atoms with Crippen molar-refractivity contribution in [3.63, 3.8) is 0 Å². The highest BCUT2D eigenvalue weighted by Crippen LogP contribution is 2.22. The molecule has 0 aliphatic carbocycles. The Kier molecular flexibility index (Phi) is 7.39. The van der Waals surface area contributed by atoms with Gasteiger partial charge in [0.1, 0.15) is 0 Å². The summed E-state index contributed by atoms with van der Waals surface area (Å²) in [5, 5.41) is 23.5. The second-order valence-corrected chi connectivity index (χ2v) is 8.02. The van der Waals surface area contributed by atoms with Gasteiger partial charge in [-0.1, -0.05) is 25.1 Å². The van der Waals surface area contributed by atoms with E-state index in [1.165, 1.54) is 12.3 Å². The van der Waals surface area contributed by atoms with Crippen LogP contribution in [0.25, 0.3) is 0 Å². The highest BCUT2D eigenvalue weighted by atomic mass is 16.4. The van der Waals surface area contributed by atoms with E-state index in [0.29, 0.717) is 40.0 Å². The van der Waals surface area contributed by atoms with Gasteiger partial charge < -0.3 is 15.7 Å². The molecular weight excluding hydrogens is 432 g/mol. The van der Waals surface area contributed by atoms with Gasteiger partial charge in [0.05, 0.1) is 18.0 Å². The average Bonchev–Trinajstić information content (AvgIpc) is 2.80. The minimum atomic E-state index is -1.14. The number of carboxylic acid groups (broad SMARTS) is 1. The Morgan fingerprint density at radius 3 is 2.41 bits per heavy atom. The van der Waals surface area contributed by atoms with Crippen LogP contribution in [0.2, 0.25) is 0 Å². The Hall–Kier alpha value is -4.51. The fraction of sp³-hybridized carbons (Fsp3) is 0.192. The number of pyridine rings is 1. The normalized spacial score (nSPS) is 11.2. The average molecular weight is 457 g/mol. The minimum Gasteiger partial charge on any atom is -0.477 e. The van der Waals surface area contributed by atoms with Gasteiger partial charge in [0, 0.05) is 23.2 Å². The molecule has 3 aromatic rings. The van der Waals surface area contributed by atoms with Crippen LogP contribution in [0.1, 0.15) is 67.2 Å². The Balaban J connectivity index is 1.77. The van der Waals surface area contributed by atoms with Crippen LogP contribution in [0.15, 0.2) is 54.7 Å². The standard InChI is InChI=1S/C26H24N4O4/c1-15(9-10-27)18-5-4-6-19(12-18)24(31)29-20-8-7-16(2)22(13-20)25(32)30-21-11-17(3)23(26(33)34)28-14-21/h4-8,11-15H,9H2,1-3H3,(H,29,31)(H,30,32)(H,33,34). The summed E-state index contributed by atoms with van der Waals surface area (Å²) in [7, 11) is 0. The number of carboxylic acids is 1. The van der Waals surface area contributed by atoms with E-state index in [4.69, 9.17) is 10.4 Å². The summed E-state index contributed by atoms with van der Waals surface area (Å²) in [5.41, 5.74) is 3.57. The zero-order valence-corrected chi connectivity index (χ0v) is 19.0. The smallest absolute Gasteiger partial charge is 0.354 e. The maximum absolute atomic E-state index is 12.9. The highest BCUT2D eigenvalue weighted by molar-refractivity contribution is 6.08. The molecular formula is C26H24N4O4. The summed E-state index contributed by atoms with van der Waals surface area (Å²) < 4.78 is 0. The third-order valence-electron chi connectivity index (χ3n) is 5.39. The molecule has 34 heavy (non-hydrogen) atoms. The van der Waals surface area contributed by atoms with Crippen molar-refractivity contribution in [2.45, 2.75) is 33.1 Å². The van der Waals surface area contributed by atoms with Crippen molar-refractivity contribution in [3.8, 4) is 6.07 Å². The number of aromatic nitrogens is 1. The maximum Gasteiger partial charge on any atom is 0.354 e. The number of nitrogens with zero attached hydrogens (tertiary/aromatic N) is 2. The Morgan fingerprint density at radius 2 is 1.74 bits per heavy atom. The molecule has 0 bridgehead atoms. The largest absolute Gasteiger partial charge is 0.477 e. The topological polar surface area (TPSA) is 132 Å². The van der Waals surface area contributed by atoms with Gasteiger partial charge in [-0.15, -0.1) is 0 Å². The van der Waals surface area contributed by atoms with Crippen molar-refractivity contribution < 1.29 is 19.5 Å². The molecule has 1 heterocycles. The summed E-state index contributed by atoms with van der Waals surface area (Å²) in [6, 6.07) is 15.8. The third kappa shape index (κ3) is 5.64. The molecule has 3 rings (SSSR count). The van der Waals surface area contributed by atoms with Crippen LogP contribution in [-0.4, -0.2) is 27.9 Å². The molecule has 1 atom stereocenters. The van der Waals surface area contributed by atoms with Gasteiger partial charge in [0.15, 0.2) is 5.69 Å². The van der Waals surface area contributed by atoms with Crippen molar-refractivity contribution in [2.75, 3.05) is 10.6 Å². The van der Waals surface area contributed by atoms with Crippen molar-refractivity contribution in [3.05, 3.63) is 88.2 Å². The molecule has 8 nitrogen and oxygen atoms in total. The summed E-state index contributed by atoms with van der Waals surface area (Å²) in [6.45, 7) is 5.30. The van der Waals surface area contributed by atoms with E-state index in [1.807, 2.05) is 13.0 Å². The first-order valence-corrected chi connectivity index (χ1v) is 10.6. The van der Waals surface area contributed by atoms with Crippen LogP contribution in [0.3, 0.4) is 0 Å². The monoisotopic (exact) mass is 456 g/mol. The predicted octanol–water partition coefficient (Wildman–Crippen LogP) is 4.92. The quantitative estimate of drug-likeness (QED) is 0.462. The van der Waals surface area contributed by atoms with E-state index in [2.05, 4.69) is 21.7 Å². The molecule has 0 radical (unpaired) electrons. The summed E-state index contributed by atoms with van der Waals surface area (Å²) in [5.74, 6) is -1.87. The first kappa shape index (κ1) is 24.1. The second-order valence-electron chi connectivity index (χ2n) is 8.02. The van der Waals surface area contributed by atoms with Gasteiger partial charge in [-0.05, 0) is 66.8 Å². The Labute approximate surface area is 197 Å². The van der Waals surface area contributed by atoms with Crippen LogP contribution < -0.4 is 10.6 Å². The number of nitrogens with one attached hydrogen (secondary N) is 2. The van der Waals surface area contributed by atoms with E-state index >= 15 is 0 Å². The van der Waals surface area contributed by atoms with Gasteiger partial charge >= 0.3 is 5.97 Å². The van der Waals surface area contributed by atoms with Gasteiger partial charge in [0.2, 0.25) is 0 Å². The van der Waals surface area contributed by atoms with Crippen LogP contribution in [0.5, 0.6) is 0 Å². The Bertz CT molecular complexity index is 1310. The van der Waals surface area contributed by atoms with Crippen molar-refractivity contribution >= 4 is 29.2 Å². The lowest BCUT2D eigenvalue weighted by molar-refractivity contribution is 0.0689. The number of carbonyl (C=O) groups is 3. The molecule has 0 fully saturated rings. The van der Waals surface area contributed by atoms with Gasteiger partial charge in [0.25, 0.3) is 11.8 Å². The third-order valence-corrected chi connectivity index (χ3v) is 5.39. The second kappa shape index (κ2) is 10.4. The number of anilines is 2. The van der Waals surface area contributed by atoms with Crippen LogP contribution >= 0.6 is 0 Å². The van der Waals surface area contributed by atoms with E-state index in [0.717, 1.165) is 5.56 Å². The molecule has 0 saturated carbocycles. The predicted molar refractivity (Wildman–Crippen MR) is 128 cm³/mol. The molecule has 2 amide bonds. The van der Waals surface area contributed by atoms with Crippen LogP contribution in [0.4, 0.5) is 11.4 Å². The lowest BCUT2D eigenvalue weighted by Gasteiger charge is -2.13. The fourth-order valence-corrected chi connectivity index (χ4v) is 3.45. The molecule has 1 aromatic heterocycles. The number of hydrogen-bond donors (Lipinski definition) is 3. The van der Waals surface area contributed by atoms with Gasteiger partial charge in [-0.25, -0.2) is 9.78 Å². The molecule has 0 aliphatic rings. The van der Waals surface area contributed by atoms with Crippen molar-refractivity contribution in [1.82, 2.24) is 4.98 Å². The highest BCUT2D eigenvalue weighted by Gasteiger charge is 2.15. The molecule has 0 spiro atoms. The number of aromatic carboxylic acids is 1. The minimum absolute atomic E-state index is 0.00937. The van der Waals surface area contributed by atoms with Gasteiger partial charge in [-0.3, -0.25) is 9.59 Å². The first-order chi connectivity index (χ1) is 16.2. The van der Waals surface area contributed by atoms with E-state index < -0.39 is 11.9 Å². The Morgan fingerprint density at radius 1 is 1.00 bits per heavy atom.